The second-order valence-corrected chi connectivity index (χ2v) is 6.55. The van der Waals surface area contributed by atoms with Gasteiger partial charge in [-0.25, -0.2) is 8.42 Å². The molecule has 98 valence electrons. The monoisotopic (exact) mass is 269 g/mol. The van der Waals surface area contributed by atoms with Crippen molar-refractivity contribution in [2.24, 2.45) is 5.92 Å². The molecule has 1 aromatic carbocycles. The zero-order valence-corrected chi connectivity index (χ0v) is 10.9. The number of benzene rings is 1. The van der Waals surface area contributed by atoms with Crippen LogP contribution < -0.4 is 10.1 Å². The number of hydrogen-bond acceptors (Lipinski definition) is 4. The van der Waals surface area contributed by atoms with E-state index in [4.69, 9.17) is 4.74 Å². The number of sulfone groups is 1. The molecule has 1 unspecified atom stereocenters. The van der Waals surface area contributed by atoms with Crippen LogP contribution in [0.5, 0.6) is 5.75 Å². The first kappa shape index (κ1) is 12.9. The summed E-state index contributed by atoms with van der Waals surface area (Å²) in [7, 11) is -1.49. The molecule has 0 bridgehead atoms. The van der Waals surface area contributed by atoms with Gasteiger partial charge in [-0.3, -0.25) is 4.79 Å². The molecule has 1 amide bonds. The maximum atomic E-state index is 11.9. The van der Waals surface area contributed by atoms with Crippen LogP contribution in [-0.4, -0.2) is 32.9 Å². The summed E-state index contributed by atoms with van der Waals surface area (Å²) < 4.78 is 27.6. The second-order valence-electron chi connectivity index (χ2n) is 4.32. The topological polar surface area (TPSA) is 72.5 Å². The third-order valence-corrected chi connectivity index (χ3v) is 4.71. The van der Waals surface area contributed by atoms with Crippen LogP contribution in [0.15, 0.2) is 24.3 Å². The van der Waals surface area contributed by atoms with Crippen LogP contribution in [-0.2, 0) is 14.6 Å². The SMILES string of the molecule is COc1cccc(NC(=O)C2CCS(=O)(=O)C2)c1. The molecular formula is C12H15NO4S. The molecule has 0 aromatic heterocycles. The van der Waals surface area contributed by atoms with E-state index in [2.05, 4.69) is 5.32 Å². The zero-order valence-electron chi connectivity index (χ0n) is 10.0. The van der Waals surface area contributed by atoms with Crippen LogP contribution in [0.4, 0.5) is 5.69 Å². The maximum Gasteiger partial charge on any atom is 0.228 e. The summed E-state index contributed by atoms with van der Waals surface area (Å²) in [5, 5.41) is 2.71. The molecule has 1 saturated heterocycles. The molecule has 1 fully saturated rings. The van der Waals surface area contributed by atoms with Crippen molar-refractivity contribution in [2.75, 3.05) is 23.9 Å². The fourth-order valence-corrected chi connectivity index (χ4v) is 3.69. The van der Waals surface area contributed by atoms with Crippen molar-refractivity contribution in [3.8, 4) is 5.75 Å². The lowest BCUT2D eigenvalue weighted by molar-refractivity contribution is -0.119. The number of carbonyl (C=O) groups is 1. The summed E-state index contributed by atoms with van der Waals surface area (Å²) >= 11 is 0. The number of carbonyl (C=O) groups excluding carboxylic acids is 1. The van der Waals surface area contributed by atoms with Gasteiger partial charge < -0.3 is 10.1 Å². The zero-order chi connectivity index (χ0) is 13.2. The predicted molar refractivity (Wildman–Crippen MR) is 68.4 cm³/mol. The quantitative estimate of drug-likeness (QED) is 0.891. The molecule has 18 heavy (non-hydrogen) atoms. The molecule has 1 aliphatic heterocycles. The van der Waals surface area contributed by atoms with Crippen molar-refractivity contribution >= 4 is 21.4 Å². The lowest BCUT2D eigenvalue weighted by Gasteiger charge is -2.10. The Bertz CT molecular complexity index is 553. The first-order valence-corrected chi connectivity index (χ1v) is 7.48. The van der Waals surface area contributed by atoms with E-state index >= 15 is 0 Å². The molecule has 5 nitrogen and oxygen atoms in total. The van der Waals surface area contributed by atoms with Crippen molar-refractivity contribution in [3.05, 3.63) is 24.3 Å². The molecule has 0 spiro atoms. The van der Waals surface area contributed by atoms with Crippen LogP contribution in [0.2, 0.25) is 0 Å². The molecule has 0 saturated carbocycles. The lowest BCUT2D eigenvalue weighted by atomic mass is 10.1. The minimum atomic E-state index is -3.03. The molecule has 1 aromatic rings. The number of amides is 1. The van der Waals surface area contributed by atoms with Crippen LogP contribution >= 0.6 is 0 Å². The minimum absolute atomic E-state index is 0.0528. The number of anilines is 1. The standard InChI is InChI=1S/C12H15NO4S/c1-17-11-4-2-3-10(7-11)13-12(14)9-5-6-18(15,16)8-9/h2-4,7,9H,5-6,8H2,1H3,(H,13,14). The molecule has 1 atom stereocenters. The van der Waals surface area contributed by atoms with Crippen LogP contribution in [0.25, 0.3) is 0 Å². The molecular weight excluding hydrogens is 254 g/mol. The Hall–Kier alpha value is -1.56. The predicted octanol–water partition coefficient (Wildman–Crippen LogP) is 1.07. The van der Waals surface area contributed by atoms with Gasteiger partial charge in [0, 0.05) is 11.8 Å². The summed E-state index contributed by atoms with van der Waals surface area (Å²) in [4.78, 5) is 11.9. The van der Waals surface area contributed by atoms with E-state index < -0.39 is 15.8 Å². The van der Waals surface area contributed by atoms with Gasteiger partial charge in [0.25, 0.3) is 0 Å². The van der Waals surface area contributed by atoms with E-state index in [1.54, 1.807) is 31.4 Å². The summed E-state index contributed by atoms with van der Waals surface area (Å²) in [6, 6.07) is 6.97. The van der Waals surface area contributed by atoms with Gasteiger partial charge in [-0.05, 0) is 18.6 Å². The number of ether oxygens (including phenoxy) is 1. The Labute approximate surface area is 106 Å². The average molecular weight is 269 g/mol. The molecule has 6 heteroatoms. The average Bonchev–Trinajstić information content (AvgIpc) is 2.70. The first-order valence-electron chi connectivity index (χ1n) is 5.65. The Balaban J connectivity index is 2.03. The van der Waals surface area contributed by atoms with Crippen LogP contribution in [0.1, 0.15) is 6.42 Å². The van der Waals surface area contributed by atoms with Gasteiger partial charge in [0.2, 0.25) is 5.91 Å². The smallest absolute Gasteiger partial charge is 0.228 e. The fraction of sp³-hybridized carbons (Fsp3) is 0.417. The highest BCUT2D eigenvalue weighted by molar-refractivity contribution is 7.91. The summed E-state index contributed by atoms with van der Waals surface area (Å²) in [6.07, 6.45) is 0.401. The third-order valence-electron chi connectivity index (χ3n) is 2.94. The Morgan fingerprint density at radius 1 is 1.44 bits per heavy atom. The highest BCUT2D eigenvalue weighted by Gasteiger charge is 2.32. The molecule has 1 heterocycles. The van der Waals surface area contributed by atoms with Crippen molar-refractivity contribution in [3.63, 3.8) is 0 Å². The van der Waals surface area contributed by atoms with Gasteiger partial charge in [0.1, 0.15) is 5.75 Å². The van der Waals surface area contributed by atoms with Crippen molar-refractivity contribution in [1.82, 2.24) is 0 Å². The summed E-state index contributed by atoms with van der Waals surface area (Å²) in [5.74, 6) is 0.00352. The molecule has 1 N–H and O–H groups in total. The number of rotatable bonds is 3. The number of methoxy groups -OCH3 is 1. The van der Waals surface area contributed by atoms with Crippen LogP contribution in [0.3, 0.4) is 0 Å². The highest BCUT2D eigenvalue weighted by Crippen LogP contribution is 2.22. The number of nitrogens with one attached hydrogen (secondary N) is 1. The van der Waals surface area contributed by atoms with Gasteiger partial charge in [0.15, 0.2) is 9.84 Å². The van der Waals surface area contributed by atoms with Crippen molar-refractivity contribution < 1.29 is 17.9 Å². The first-order chi connectivity index (χ1) is 8.50. The van der Waals surface area contributed by atoms with Gasteiger partial charge in [0.05, 0.1) is 24.5 Å². The van der Waals surface area contributed by atoms with E-state index in [0.29, 0.717) is 17.9 Å². The summed E-state index contributed by atoms with van der Waals surface area (Å²) in [6.45, 7) is 0. The van der Waals surface area contributed by atoms with E-state index in [-0.39, 0.29) is 17.4 Å². The molecule has 0 radical (unpaired) electrons. The lowest BCUT2D eigenvalue weighted by Crippen LogP contribution is -2.23. The van der Waals surface area contributed by atoms with E-state index in [0.717, 1.165) is 0 Å². The van der Waals surface area contributed by atoms with Gasteiger partial charge >= 0.3 is 0 Å². The second kappa shape index (κ2) is 4.97. The largest absolute Gasteiger partial charge is 0.497 e. The maximum absolute atomic E-state index is 11.9. The highest BCUT2D eigenvalue weighted by atomic mass is 32.2. The summed E-state index contributed by atoms with van der Waals surface area (Å²) in [5.41, 5.74) is 0.614. The molecule has 0 aliphatic carbocycles. The van der Waals surface area contributed by atoms with Gasteiger partial charge in [-0.1, -0.05) is 6.07 Å². The third kappa shape index (κ3) is 3.01. The molecule has 1 aliphatic rings. The molecule has 2 rings (SSSR count). The van der Waals surface area contributed by atoms with Gasteiger partial charge in [-0.2, -0.15) is 0 Å². The van der Waals surface area contributed by atoms with E-state index in [1.807, 2.05) is 0 Å². The Morgan fingerprint density at radius 3 is 2.83 bits per heavy atom. The Morgan fingerprint density at radius 2 is 2.22 bits per heavy atom. The minimum Gasteiger partial charge on any atom is -0.497 e. The van der Waals surface area contributed by atoms with E-state index in [1.165, 1.54) is 0 Å². The van der Waals surface area contributed by atoms with Crippen molar-refractivity contribution in [1.29, 1.82) is 0 Å². The van der Waals surface area contributed by atoms with Gasteiger partial charge in [-0.15, -0.1) is 0 Å². The van der Waals surface area contributed by atoms with E-state index in [9.17, 15) is 13.2 Å². The fourth-order valence-electron chi connectivity index (χ4n) is 1.95. The van der Waals surface area contributed by atoms with Crippen molar-refractivity contribution in [2.45, 2.75) is 6.42 Å². The normalized spacial score (nSPS) is 21.5. The van der Waals surface area contributed by atoms with Crippen LogP contribution in [0, 0.1) is 5.92 Å². The Kier molecular flexibility index (Phi) is 3.56. The number of hydrogen-bond donors (Lipinski definition) is 1.